The standard InChI is InChI=1S/C22H18N4O6/c1-12-5-16(11-31-2)18(9-23)20(25-12)26-24-10-17-3-4-19(32-17)13-6-14(21(27)28)8-15(7-13)22(29)30/h3-8,10H,11H2,1-2H3,(H,25,26)(H,27,28)(H,29,30)/b24-10-. The Morgan fingerprint density at radius 1 is 1.22 bits per heavy atom. The molecule has 2 aromatic heterocycles. The summed E-state index contributed by atoms with van der Waals surface area (Å²) in [6.45, 7) is 2.03. The summed E-state index contributed by atoms with van der Waals surface area (Å²) in [4.78, 5) is 26.9. The second-order valence-corrected chi connectivity index (χ2v) is 6.67. The van der Waals surface area contributed by atoms with E-state index in [4.69, 9.17) is 9.15 Å². The predicted molar refractivity (Wildman–Crippen MR) is 114 cm³/mol. The van der Waals surface area contributed by atoms with E-state index in [1.807, 2.05) is 0 Å². The van der Waals surface area contributed by atoms with E-state index in [9.17, 15) is 25.1 Å². The Kier molecular flexibility index (Phi) is 6.62. The predicted octanol–water partition coefficient (Wildman–Crippen LogP) is 3.51. The third-order valence-corrected chi connectivity index (χ3v) is 4.34. The molecule has 32 heavy (non-hydrogen) atoms. The lowest BCUT2D eigenvalue weighted by Crippen LogP contribution is -2.03. The van der Waals surface area contributed by atoms with Crippen molar-refractivity contribution in [3.05, 3.63) is 70.1 Å². The largest absolute Gasteiger partial charge is 0.478 e. The van der Waals surface area contributed by atoms with Gasteiger partial charge in [-0.05, 0) is 43.3 Å². The number of methoxy groups -OCH3 is 1. The molecule has 0 fully saturated rings. The van der Waals surface area contributed by atoms with Crippen LogP contribution in [0, 0.1) is 18.3 Å². The lowest BCUT2D eigenvalue weighted by Gasteiger charge is -2.08. The smallest absolute Gasteiger partial charge is 0.335 e. The second kappa shape index (κ2) is 9.55. The van der Waals surface area contributed by atoms with E-state index in [1.54, 1.807) is 25.1 Å². The Labute approximate surface area is 182 Å². The van der Waals surface area contributed by atoms with Gasteiger partial charge in [-0.15, -0.1) is 0 Å². The highest BCUT2D eigenvalue weighted by Gasteiger charge is 2.14. The summed E-state index contributed by atoms with van der Waals surface area (Å²) in [5, 5.41) is 31.9. The summed E-state index contributed by atoms with van der Waals surface area (Å²) in [6.07, 6.45) is 1.35. The van der Waals surface area contributed by atoms with E-state index >= 15 is 0 Å². The van der Waals surface area contributed by atoms with Gasteiger partial charge in [0.05, 0.1) is 23.9 Å². The van der Waals surface area contributed by atoms with Crippen molar-refractivity contribution >= 4 is 24.0 Å². The first-order valence-electron chi connectivity index (χ1n) is 9.23. The molecule has 2 heterocycles. The van der Waals surface area contributed by atoms with Crippen LogP contribution in [0.4, 0.5) is 5.82 Å². The van der Waals surface area contributed by atoms with Gasteiger partial charge in [-0.3, -0.25) is 5.43 Å². The van der Waals surface area contributed by atoms with Crippen molar-refractivity contribution < 1.29 is 29.0 Å². The first-order valence-corrected chi connectivity index (χ1v) is 9.23. The molecule has 10 nitrogen and oxygen atoms in total. The van der Waals surface area contributed by atoms with Crippen LogP contribution in [0.15, 0.2) is 45.9 Å². The Hall–Kier alpha value is -4.49. The van der Waals surface area contributed by atoms with Crippen LogP contribution in [0.5, 0.6) is 0 Å². The van der Waals surface area contributed by atoms with E-state index in [2.05, 4.69) is 21.6 Å². The molecule has 0 saturated heterocycles. The van der Waals surface area contributed by atoms with E-state index < -0.39 is 11.9 Å². The summed E-state index contributed by atoms with van der Waals surface area (Å²) < 4.78 is 10.8. The molecular formula is C22H18N4O6. The van der Waals surface area contributed by atoms with Crippen LogP contribution in [0.2, 0.25) is 0 Å². The Balaban J connectivity index is 1.85. The number of ether oxygens (including phenoxy) is 1. The molecule has 0 amide bonds. The highest BCUT2D eigenvalue weighted by molar-refractivity contribution is 5.96. The van der Waals surface area contributed by atoms with Crippen molar-refractivity contribution in [1.82, 2.24) is 4.98 Å². The molecule has 1 aromatic carbocycles. The van der Waals surface area contributed by atoms with Gasteiger partial charge in [0.2, 0.25) is 0 Å². The maximum atomic E-state index is 11.3. The molecule has 0 aliphatic rings. The monoisotopic (exact) mass is 434 g/mol. The minimum Gasteiger partial charge on any atom is -0.478 e. The van der Waals surface area contributed by atoms with Crippen LogP contribution >= 0.6 is 0 Å². The molecule has 0 radical (unpaired) electrons. The quantitative estimate of drug-likeness (QED) is 0.356. The average Bonchev–Trinajstić information content (AvgIpc) is 3.22. The van der Waals surface area contributed by atoms with Gasteiger partial charge in [-0.2, -0.15) is 10.4 Å². The van der Waals surface area contributed by atoms with E-state index in [1.165, 1.54) is 25.5 Å². The van der Waals surface area contributed by atoms with Gasteiger partial charge < -0.3 is 19.4 Å². The van der Waals surface area contributed by atoms with Crippen LogP contribution in [-0.2, 0) is 11.3 Å². The van der Waals surface area contributed by atoms with Crippen LogP contribution in [0.3, 0.4) is 0 Å². The minimum atomic E-state index is -1.25. The molecule has 3 aromatic rings. The number of furan rings is 1. The summed E-state index contributed by atoms with van der Waals surface area (Å²) in [5.41, 5.74) is 4.33. The molecule has 3 rings (SSSR count). The zero-order valence-corrected chi connectivity index (χ0v) is 17.1. The lowest BCUT2D eigenvalue weighted by atomic mass is 10.0. The van der Waals surface area contributed by atoms with Crippen LogP contribution < -0.4 is 5.43 Å². The normalized spacial score (nSPS) is 10.8. The van der Waals surface area contributed by atoms with E-state index in [0.717, 1.165) is 6.07 Å². The maximum Gasteiger partial charge on any atom is 0.335 e. The molecule has 0 atom stereocenters. The van der Waals surface area contributed by atoms with Crippen molar-refractivity contribution in [3.63, 3.8) is 0 Å². The van der Waals surface area contributed by atoms with Crippen molar-refractivity contribution in [3.8, 4) is 17.4 Å². The first-order chi connectivity index (χ1) is 15.3. The van der Waals surface area contributed by atoms with Gasteiger partial charge in [-0.1, -0.05) is 0 Å². The zero-order valence-electron chi connectivity index (χ0n) is 17.1. The van der Waals surface area contributed by atoms with Gasteiger partial charge >= 0.3 is 11.9 Å². The Morgan fingerprint density at radius 2 is 1.91 bits per heavy atom. The fraction of sp³-hybridized carbons (Fsp3) is 0.136. The summed E-state index contributed by atoms with van der Waals surface area (Å²) in [5.74, 6) is -1.65. The number of nitrogens with zero attached hydrogens (tertiary/aromatic N) is 3. The number of carboxylic acids is 2. The number of hydrogen-bond acceptors (Lipinski definition) is 8. The van der Waals surface area contributed by atoms with Gasteiger partial charge in [-0.25, -0.2) is 14.6 Å². The summed E-state index contributed by atoms with van der Waals surface area (Å²) in [6, 6.07) is 10.7. The fourth-order valence-electron chi connectivity index (χ4n) is 2.97. The number of pyridine rings is 1. The first kappa shape index (κ1) is 22.2. The number of carbonyl (C=O) groups is 2. The Morgan fingerprint density at radius 3 is 2.50 bits per heavy atom. The topological polar surface area (TPSA) is 158 Å². The van der Waals surface area contributed by atoms with Crippen molar-refractivity contribution in [2.75, 3.05) is 12.5 Å². The van der Waals surface area contributed by atoms with Gasteiger partial charge in [0.1, 0.15) is 23.2 Å². The summed E-state index contributed by atoms with van der Waals surface area (Å²) >= 11 is 0. The number of hydrogen-bond donors (Lipinski definition) is 3. The minimum absolute atomic E-state index is 0.172. The van der Waals surface area contributed by atoms with Crippen molar-refractivity contribution in [2.24, 2.45) is 5.10 Å². The molecule has 0 spiro atoms. The number of hydrazone groups is 1. The SMILES string of the molecule is COCc1cc(C)nc(N/N=C\c2ccc(-c3cc(C(=O)O)cc(C(=O)O)c3)o2)c1C#N. The number of anilines is 1. The highest BCUT2D eigenvalue weighted by Crippen LogP contribution is 2.25. The lowest BCUT2D eigenvalue weighted by molar-refractivity contribution is 0.0696. The number of aromatic nitrogens is 1. The molecule has 0 unspecified atom stereocenters. The number of aryl methyl sites for hydroxylation is 1. The number of benzene rings is 1. The van der Waals surface area contributed by atoms with Gasteiger partial charge in [0, 0.05) is 23.9 Å². The Bertz CT molecular complexity index is 1220. The highest BCUT2D eigenvalue weighted by atomic mass is 16.5. The van der Waals surface area contributed by atoms with Crippen LogP contribution in [0.1, 0.15) is 43.3 Å². The van der Waals surface area contributed by atoms with Gasteiger partial charge in [0.25, 0.3) is 0 Å². The van der Waals surface area contributed by atoms with Crippen molar-refractivity contribution in [2.45, 2.75) is 13.5 Å². The molecule has 10 heteroatoms. The molecule has 0 saturated carbocycles. The third kappa shape index (κ3) is 4.97. The molecule has 0 bridgehead atoms. The number of nitrogens with one attached hydrogen (secondary N) is 1. The molecule has 3 N–H and O–H groups in total. The third-order valence-electron chi connectivity index (χ3n) is 4.34. The number of rotatable bonds is 8. The molecule has 0 aliphatic heterocycles. The van der Waals surface area contributed by atoms with Crippen LogP contribution in [0.25, 0.3) is 11.3 Å². The van der Waals surface area contributed by atoms with E-state index in [0.29, 0.717) is 28.1 Å². The zero-order chi connectivity index (χ0) is 23.3. The van der Waals surface area contributed by atoms with Crippen LogP contribution in [-0.4, -0.2) is 40.5 Å². The van der Waals surface area contributed by atoms with Gasteiger partial charge in [0.15, 0.2) is 5.82 Å². The molecule has 0 aliphatic carbocycles. The molecule has 162 valence electrons. The maximum absolute atomic E-state index is 11.3. The molecular weight excluding hydrogens is 416 g/mol. The van der Waals surface area contributed by atoms with Crippen molar-refractivity contribution in [1.29, 1.82) is 5.26 Å². The number of aromatic carboxylic acids is 2. The average molecular weight is 434 g/mol. The second-order valence-electron chi connectivity index (χ2n) is 6.67. The number of carboxylic acid groups (broad SMARTS) is 2. The number of nitriles is 1. The fourth-order valence-corrected chi connectivity index (χ4v) is 2.97. The summed E-state index contributed by atoms with van der Waals surface area (Å²) in [7, 11) is 1.53. The van der Waals surface area contributed by atoms with E-state index in [-0.39, 0.29) is 29.3 Å².